The van der Waals surface area contributed by atoms with Crippen LogP contribution in [0.15, 0.2) is 59.8 Å². The number of carbonyl (C=O) groups is 1. The Bertz CT molecular complexity index is 1010. The number of aromatic nitrogens is 3. The molecule has 1 aromatic heterocycles. The molecule has 0 saturated carbocycles. The standard InChI is InChI=1S/C24H28N4O2S/c1-17-13-18(2)15-27(14-17)22(29)16-31-24-26-25-23(19-7-5-4-6-8-19)28(24)20-9-11-21(30-3)12-10-20/h4-12,17-18H,13-16H2,1-3H3. The van der Waals surface area contributed by atoms with Crippen molar-refractivity contribution in [2.24, 2.45) is 11.8 Å². The van der Waals surface area contributed by atoms with Crippen molar-refractivity contribution in [2.45, 2.75) is 25.4 Å². The van der Waals surface area contributed by atoms with Gasteiger partial charge >= 0.3 is 0 Å². The molecule has 1 aliphatic rings. The van der Waals surface area contributed by atoms with Crippen molar-refractivity contribution in [3.63, 3.8) is 0 Å². The predicted molar refractivity (Wildman–Crippen MR) is 124 cm³/mol. The van der Waals surface area contributed by atoms with Crippen LogP contribution in [0.5, 0.6) is 5.75 Å². The lowest BCUT2D eigenvalue weighted by Gasteiger charge is -2.34. The first-order chi connectivity index (χ1) is 15.0. The van der Waals surface area contributed by atoms with Gasteiger partial charge in [0.15, 0.2) is 11.0 Å². The maximum Gasteiger partial charge on any atom is 0.233 e. The molecule has 2 atom stereocenters. The molecule has 162 valence electrons. The predicted octanol–water partition coefficient (Wildman–Crippen LogP) is 4.54. The van der Waals surface area contributed by atoms with Crippen molar-refractivity contribution in [3.8, 4) is 22.8 Å². The second-order valence-electron chi connectivity index (χ2n) is 8.24. The number of likely N-dealkylation sites (tertiary alicyclic amines) is 1. The van der Waals surface area contributed by atoms with E-state index in [1.54, 1.807) is 7.11 Å². The largest absolute Gasteiger partial charge is 0.497 e. The van der Waals surface area contributed by atoms with Gasteiger partial charge in [-0.05, 0) is 42.5 Å². The molecule has 0 N–H and O–H groups in total. The van der Waals surface area contributed by atoms with Crippen LogP contribution in [0.3, 0.4) is 0 Å². The molecule has 0 spiro atoms. The van der Waals surface area contributed by atoms with Crippen LogP contribution in [0.4, 0.5) is 0 Å². The highest BCUT2D eigenvalue weighted by Crippen LogP contribution is 2.29. The van der Waals surface area contributed by atoms with Gasteiger partial charge in [-0.2, -0.15) is 0 Å². The fourth-order valence-corrected chi connectivity index (χ4v) is 5.04. The molecule has 2 unspecified atom stereocenters. The van der Waals surface area contributed by atoms with E-state index in [0.29, 0.717) is 22.7 Å². The highest BCUT2D eigenvalue weighted by molar-refractivity contribution is 7.99. The summed E-state index contributed by atoms with van der Waals surface area (Å²) in [7, 11) is 1.65. The van der Waals surface area contributed by atoms with Crippen molar-refractivity contribution in [3.05, 3.63) is 54.6 Å². The summed E-state index contributed by atoms with van der Waals surface area (Å²) >= 11 is 1.44. The summed E-state index contributed by atoms with van der Waals surface area (Å²) in [4.78, 5) is 14.9. The molecule has 31 heavy (non-hydrogen) atoms. The molecule has 1 fully saturated rings. The lowest BCUT2D eigenvalue weighted by atomic mass is 9.92. The lowest BCUT2D eigenvalue weighted by molar-refractivity contribution is -0.130. The first-order valence-electron chi connectivity index (χ1n) is 10.6. The number of ether oxygens (including phenoxy) is 1. The van der Waals surface area contributed by atoms with Crippen LogP contribution in [-0.4, -0.2) is 51.5 Å². The smallest absolute Gasteiger partial charge is 0.233 e. The van der Waals surface area contributed by atoms with Gasteiger partial charge in [0.1, 0.15) is 5.75 Å². The molecule has 0 aliphatic carbocycles. The Labute approximate surface area is 187 Å². The zero-order chi connectivity index (χ0) is 21.8. The van der Waals surface area contributed by atoms with E-state index >= 15 is 0 Å². The fraction of sp³-hybridized carbons (Fsp3) is 0.375. The van der Waals surface area contributed by atoms with E-state index in [1.807, 2.05) is 64.1 Å². The molecule has 6 nitrogen and oxygen atoms in total. The van der Waals surface area contributed by atoms with Gasteiger partial charge in [-0.15, -0.1) is 10.2 Å². The van der Waals surface area contributed by atoms with Crippen LogP contribution in [0, 0.1) is 11.8 Å². The van der Waals surface area contributed by atoms with E-state index in [2.05, 4.69) is 24.0 Å². The highest BCUT2D eigenvalue weighted by atomic mass is 32.2. The van der Waals surface area contributed by atoms with Gasteiger partial charge in [-0.3, -0.25) is 9.36 Å². The van der Waals surface area contributed by atoms with Gasteiger partial charge in [0.05, 0.1) is 12.9 Å². The number of carbonyl (C=O) groups excluding carboxylic acids is 1. The molecule has 1 saturated heterocycles. The summed E-state index contributed by atoms with van der Waals surface area (Å²) in [6.07, 6.45) is 1.18. The Morgan fingerprint density at radius 3 is 2.35 bits per heavy atom. The number of benzene rings is 2. The second-order valence-corrected chi connectivity index (χ2v) is 9.18. The molecule has 1 aliphatic heterocycles. The first-order valence-corrected chi connectivity index (χ1v) is 11.6. The third-order valence-electron chi connectivity index (χ3n) is 5.54. The van der Waals surface area contributed by atoms with Crippen molar-refractivity contribution >= 4 is 17.7 Å². The van der Waals surface area contributed by atoms with E-state index in [-0.39, 0.29) is 5.91 Å². The van der Waals surface area contributed by atoms with Crippen LogP contribution in [-0.2, 0) is 4.79 Å². The summed E-state index contributed by atoms with van der Waals surface area (Å²) in [6, 6.07) is 17.8. The van der Waals surface area contributed by atoms with Crippen molar-refractivity contribution in [1.29, 1.82) is 0 Å². The molecule has 0 radical (unpaired) electrons. The third-order valence-corrected chi connectivity index (χ3v) is 6.46. The summed E-state index contributed by atoms with van der Waals surface area (Å²) in [5, 5.41) is 9.59. The molecule has 2 aromatic carbocycles. The van der Waals surface area contributed by atoms with Crippen molar-refractivity contribution < 1.29 is 9.53 Å². The zero-order valence-corrected chi connectivity index (χ0v) is 19.0. The van der Waals surface area contributed by atoms with Crippen molar-refractivity contribution in [2.75, 3.05) is 26.0 Å². The SMILES string of the molecule is COc1ccc(-n2c(SCC(=O)N3CC(C)CC(C)C3)nnc2-c2ccccc2)cc1. The van der Waals surface area contributed by atoms with Crippen LogP contribution in [0.1, 0.15) is 20.3 Å². The lowest BCUT2D eigenvalue weighted by Crippen LogP contribution is -2.43. The zero-order valence-electron chi connectivity index (χ0n) is 18.2. The molecule has 0 bridgehead atoms. The van der Waals surface area contributed by atoms with E-state index in [1.165, 1.54) is 18.2 Å². The minimum atomic E-state index is 0.161. The van der Waals surface area contributed by atoms with Crippen LogP contribution >= 0.6 is 11.8 Å². The average molecular weight is 437 g/mol. The maximum atomic E-state index is 12.9. The molecule has 2 heterocycles. The minimum absolute atomic E-state index is 0.161. The van der Waals surface area contributed by atoms with E-state index in [9.17, 15) is 4.79 Å². The second kappa shape index (κ2) is 9.56. The van der Waals surface area contributed by atoms with Crippen LogP contribution in [0.25, 0.3) is 17.1 Å². The number of thioether (sulfide) groups is 1. The van der Waals surface area contributed by atoms with E-state index in [4.69, 9.17) is 4.74 Å². The van der Waals surface area contributed by atoms with Gasteiger partial charge in [-0.1, -0.05) is 55.9 Å². The summed E-state index contributed by atoms with van der Waals surface area (Å²) in [5.41, 5.74) is 1.91. The van der Waals surface area contributed by atoms with Crippen LogP contribution in [0.2, 0.25) is 0 Å². The number of rotatable bonds is 6. The molecular formula is C24H28N4O2S. The number of hydrogen-bond donors (Lipinski definition) is 0. The topological polar surface area (TPSA) is 60.2 Å². The Kier molecular flexibility index (Phi) is 6.61. The maximum absolute atomic E-state index is 12.9. The normalized spacial score (nSPS) is 18.7. The Hall–Kier alpha value is -2.80. The monoisotopic (exact) mass is 436 g/mol. The average Bonchev–Trinajstić information content (AvgIpc) is 3.21. The number of methoxy groups -OCH3 is 1. The van der Waals surface area contributed by atoms with E-state index in [0.717, 1.165) is 35.9 Å². The Balaban J connectivity index is 1.60. The summed E-state index contributed by atoms with van der Waals surface area (Å²) in [5.74, 6) is 3.14. The molecule has 1 amide bonds. The molecule has 4 rings (SSSR count). The van der Waals surface area contributed by atoms with Gasteiger partial charge in [0, 0.05) is 24.3 Å². The Morgan fingerprint density at radius 1 is 1.03 bits per heavy atom. The quantitative estimate of drug-likeness (QED) is 0.531. The Morgan fingerprint density at radius 2 is 1.71 bits per heavy atom. The van der Waals surface area contributed by atoms with Gasteiger partial charge in [0.2, 0.25) is 5.91 Å². The number of piperidine rings is 1. The number of hydrogen-bond acceptors (Lipinski definition) is 5. The molecular weight excluding hydrogens is 408 g/mol. The van der Waals surface area contributed by atoms with E-state index < -0.39 is 0 Å². The van der Waals surface area contributed by atoms with Gasteiger partial charge in [0.25, 0.3) is 0 Å². The third kappa shape index (κ3) is 4.93. The first kappa shape index (κ1) is 21.4. The number of nitrogens with zero attached hydrogens (tertiary/aromatic N) is 4. The minimum Gasteiger partial charge on any atom is -0.497 e. The van der Waals surface area contributed by atoms with Gasteiger partial charge in [-0.25, -0.2) is 0 Å². The number of amides is 1. The van der Waals surface area contributed by atoms with Crippen LogP contribution < -0.4 is 4.74 Å². The summed E-state index contributed by atoms with van der Waals surface area (Å²) in [6.45, 7) is 6.11. The molecule has 7 heteroatoms. The molecule has 3 aromatic rings. The summed E-state index contributed by atoms with van der Waals surface area (Å²) < 4.78 is 7.31. The highest BCUT2D eigenvalue weighted by Gasteiger charge is 2.26. The van der Waals surface area contributed by atoms with Crippen molar-refractivity contribution in [1.82, 2.24) is 19.7 Å². The van der Waals surface area contributed by atoms with Gasteiger partial charge < -0.3 is 9.64 Å². The fourth-order valence-electron chi connectivity index (χ4n) is 4.19.